The van der Waals surface area contributed by atoms with E-state index in [1.165, 1.54) is 6.42 Å². The Bertz CT molecular complexity index is 569. The van der Waals surface area contributed by atoms with Gasteiger partial charge in [0.1, 0.15) is 0 Å². The number of hydrogen-bond acceptors (Lipinski definition) is 3. The Kier molecular flexibility index (Phi) is 4.83. The van der Waals surface area contributed by atoms with E-state index < -0.39 is 10.0 Å². The second-order valence-corrected chi connectivity index (χ2v) is 7.54. The molecule has 5 heteroatoms. The van der Waals surface area contributed by atoms with Crippen LogP contribution in [-0.2, 0) is 10.0 Å². The van der Waals surface area contributed by atoms with Gasteiger partial charge in [0.25, 0.3) is 0 Å². The second kappa shape index (κ2) is 6.24. The van der Waals surface area contributed by atoms with Gasteiger partial charge in [0, 0.05) is 12.6 Å². The van der Waals surface area contributed by atoms with Gasteiger partial charge in [-0.3, -0.25) is 0 Å². The third kappa shape index (κ3) is 3.59. The van der Waals surface area contributed by atoms with Crippen LogP contribution in [0.4, 0.5) is 0 Å². The van der Waals surface area contributed by atoms with Gasteiger partial charge in [0.2, 0.25) is 10.0 Å². The molecular formula is C15H24N2O2S. The number of sulfonamides is 1. The fourth-order valence-electron chi connectivity index (χ4n) is 2.77. The minimum absolute atomic E-state index is 0.226. The predicted molar refractivity (Wildman–Crippen MR) is 81.3 cm³/mol. The number of benzene rings is 1. The van der Waals surface area contributed by atoms with Gasteiger partial charge in [0.05, 0.1) is 4.90 Å². The molecule has 0 bridgehead atoms. The van der Waals surface area contributed by atoms with Crippen molar-refractivity contribution < 1.29 is 8.42 Å². The monoisotopic (exact) mass is 296 g/mol. The van der Waals surface area contributed by atoms with Crippen LogP contribution in [0.25, 0.3) is 0 Å². The molecule has 0 saturated carbocycles. The SMILES string of the molecule is Cc1ccc(S(=O)(=O)NCC2NCCCC2C)c(C)c1. The molecule has 112 valence electrons. The van der Waals surface area contributed by atoms with Crippen LogP contribution in [0.5, 0.6) is 0 Å². The van der Waals surface area contributed by atoms with Crippen molar-refractivity contribution in [3.05, 3.63) is 29.3 Å². The van der Waals surface area contributed by atoms with Crippen molar-refractivity contribution in [1.82, 2.24) is 10.0 Å². The van der Waals surface area contributed by atoms with Crippen molar-refractivity contribution in [2.24, 2.45) is 5.92 Å². The van der Waals surface area contributed by atoms with Gasteiger partial charge >= 0.3 is 0 Å². The Morgan fingerprint density at radius 3 is 2.75 bits per heavy atom. The minimum Gasteiger partial charge on any atom is -0.312 e. The Hall–Kier alpha value is -0.910. The van der Waals surface area contributed by atoms with Crippen LogP contribution in [0.2, 0.25) is 0 Å². The summed E-state index contributed by atoms with van der Waals surface area (Å²) >= 11 is 0. The van der Waals surface area contributed by atoms with Crippen molar-refractivity contribution >= 4 is 10.0 Å². The third-order valence-corrected chi connectivity index (χ3v) is 5.63. The molecule has 4 nitrogen and oxygen atoms in total. The smallest absolute Gasteiger partial charge is 0.240 e. The molecule has 2 unspecified atom stereocenters. The van der Waals surface area contributed by atoms with Crippen LogP contribution in [0.1, 0.15) is 30.9 Å². The summed E-state index contributed by atoms with van der Waals surface area (Å²) < 4.78 is 27.5. The van der Waals surface area contributed by atoms with Crippen LogP contribution in [0.3, 0.4) is 0 Å². The van der Waals surface area contributed by atoms with E-state index in [1.807, 2.05) is 26.0 Å². The van der Waals surface area contributed by atoms with Crippen molar-refractivity contribution in [3.63, 3.8) is 0 Å². The Morgan fingerprint density at radius 2 is 2.10 bits per heavy atom. The van der Waals surface area contributed by atoms with Crippen molar-refractivity contribution in [2.45, 2.75) is 44.6 Å². The lowest BCUT2D eigenvalue weighted by Crippen LogP contribution is -2.47. The zero-order valence-corrected chi connectivity index (χ0v) is 13.3. The molecule has 1 fully saturated rings. The molecule has 1 aromatic carbocycles. The van der Waals surface area contributed by atoms with Crippen LogP contribution in [0, 0.1) is 19.8 Å². The van der Waals surface area contributed by atoms with Gasteiger partial charge in [-0.2, -0.15) is 0 Å². The number of aryl methyl sites for hydroxylation is 2. The molecule has 0 radical (unpaired) electrons. The molecule has 0 spiro atoms. The molecule has 1 aliphatic heterocycles. The maximum absolute atomic E-state index is 12.4. The zero-order chi connectivity index (χ0) is 14.8. The van der Waals surface area contributed by atoms with E-state index in [4.69, 9.17) is 0 Å². The van der Waals surface area contributed by atoms with Crippen LogP contribution < -0.4 is 10.0 Å². The summed E-state index contributed by atoms with van der Waals surface area (Å²) in [6.45, 7) is 7.40. The molecule has 0 aromatic heterocycles. The van der Waals surface area contributed by atoms with Crippen LogP contribution in [-0.4, -0.2) is 27.5 Å². The standard InChI is InChI=1S/C15H24N2O2S/c1-11-6-7-15(13(3)9-11)20(18,19)17-10-14-12(2)5-4-8-16-14/h6-7,9,12,14,16-17H,4-5,8,10H2,1-3H3. The lowest BCUT2D eigenvalue weighted by molar-refractivity contribution is 0.300. The third-order valence-electron chi connectivity index (χ3n) is 4.04. The summed E-state index contributed by atoms with van der Waals surface area (Å²) in [5.74, 6) is 0.505. The second-order valence-electron chi connectivity index (χ2n) is 5.80. The van der Waals surface area contributed by atoms with Crippen LogP contribution in [0.15, 0.2) is 23.1 Å². The Morgan fingerprint density at radius 1 is 1.35 bits per heavy atom. The van der Waals surface area contributed by atoms with Gasteiger partial charge in [-0.25, -0.2) is 13.1 Å². The quantitative estimate of drug-likeness (QED) is 0.893. The molecule has 1 saturated heterocycles. The van der Waals surface area contributed by atoms with Crippen molar-refractivity contribution in [1.29, 1.82) is 0 Å². The molecule has 0 amide bonds. The van der Waals surface area contributed by atoms with E-state index in [-0.39, 0.29) is 6.04 Å². The maximum atomic E-state index is 12.4. The number of piperidine rings is 1. The van der Waals surface area contributed by atoms with E-state index >= 15 is 0 Å². The van der Waals surface area contributed by atoms with E-state index in [0.29, 0.717) is 17.4 Å². The maximum Gasteiger partial charge on any atom is 0.240 e. The topological polar surface area (TPSA) is 58.2 Å². The highest BCUT2D eigenvalue weighted by Crippen LogP contribution is 2.18. The van der Waals surface area contributed by atoms with E-state index in [2.05, 4.69) is 17.0 Å². The highest BCUT2D eigenvalue weighted by atomic mass is 32.2. The Balaban J connectivity index is 2.07. The fraction of sp³-hybridized carbons (Fsp3) is 0.600. The largest absolute Gasteiger partial charge is 0.312 e. The normalized spacial score (nSPS) is 23.8. The van der Waals surface area contributed by atoms with Gasteiger partial charge in [-0.1, -0.05) is 24.6 Å². The van der Waals surface area contributed by atoms with E-state index in [9.17, 15) is 8.42 Å². The molecule has 2 atom stereocenters. The summed E-state index contributed by atoms with van der Waals surface area (Å²) in [6, 6.07) is 5.65. The van der Waals surface area contributed by atoms with Crippen LogP contribution >= 0.6 is 0 Å². The first-order chi connectivity index (χ1) is 9.40. The summed E-state index contributed by atoms with van der Waals surface area (Å²) in [5.41, 5.74) is 1.87. The van der Waals surface area contributed by atoms with E-state index in [1.54, 1.807) is 6.07 Å². The number of hydrogen-bond donors (Lipinski definition) is 2. The molecule has 20 heavy (non-hydrogen) atoms. The first-order valence-electron chi connectivity index (χ1n) is 7.20. The van der Waals surface area contributed by atoms with Crippen molar-refractivity contribution in [2.75, 3.05) is 13.1 Å². The lowest BCUT2D eigenvalue weighted by Gasteiger charge is -2.30. The molecule has 2 rings (SSSR count). The molecule has 0 aliphatic carbocycles. The molecular weight excluding hydrogens is 272 g/mol. The van der Waals surface area contributed by atoms with Gasteiger partial charge < -0.3 is 5.32 Å². The fourth-order valence-corrected chi connectivity index (χ4v) is 4.05. The van der Waals surface area contributed by atoms with Crippen molar-refractivity contribution in [3.8, 4) is 0 Å². The minimum atomic E-state index is -3.42. The molecule has 1 aromatic rings. The summed E-state index contributed by atoms with van der Waals surface area (Å²) in [6.07, 6.45) is 2.32. The Labute approximate surface area is 122 Å². The first-order valence-corrected chi connectivity index (χ1v) is 8.69. The molecule has 2 N–H and O–H groups in total. The first kappa shape index (κ1) is 15.5. The average Bonchev–Trinajstić information content (AvgIpc) is 2.37. The van der Waals surface area contributed by atoms with Gasteiger partial charge in [0.15, 0.2) is 0 Å². The highest BCUT2D eigenvalue weighted by Gasteiger charge is 2.23. The zero-order valence-electron chi connectivity index (χ0n) is 12.4. The lowest BCUT2D eigenvalue weighted by atomic mass is 9.93. The predicted octanol–water partition coefficient (Wildman–Crippen LogP) is 1.97. The summed E-state index contributed by atoms with van der Waals surface area (Å²) in [4.78, 5) is 0.381. The van der Waals surface area contributed by atoms with Gasteiger partial charge in [-0.15, -0.1) is 0 Å². The summed E-state index contributed by atoms with van der Waals surface area (Å²) in [5, 5.41) is 3.39. The van der Waals surface area contributed by atoms with E-state index in [0.717, 1.165) is 24.1 Å². The van der Waals surface area contributed by atoms with Gasteiger partial charge in [-0.05, 0) is 50.8 Å². The summed E-state index contributed by atoms with van der Waals surface area (Å²) in [7, 11) is -3.42. The highest BCUT2D eigenvalue weighted by molar-refractivity contribution is 7.89. The molecule has 1 aliphatic rings. The number of rotatable bonds is 4. The number of nitrogens with one attached hydrogen (secondary N) is 2. The average molecular weight is 296 g/mol. The molecule has 1 heterocycles.